The van der Waals surface area contributed by atoms with Crippen LogP contribution < -0.4 is 0 Å². The maximum atomic E-state index is 10.5. The Morgan fingerprint density at radius 2 is 2.07 bits per heavy atom. The molecule has 0 aliphatic heterocycles. The molecule has 15 heavy (non-hydrogen) atoms. The van der Waals surface area contributed by atoms with E-state index in [0.29, 0.717) is 13.2 Å². The van der Waals surface area contributed by atoms with Gasteiger partial charge < -0.3 is 14.6 Å². The molecule has 0 aliphatic rings. The highest BCUT2D eigenvalue weighted by atomic mass is 16.5. The Morgan fingerprint density at radius 3 is 2.53 bits per heavy atom. The molecule has 0 spiro atoms. The van der Waals surface area contributed by atoms with Crippen molar-refractivity contribution >= 4 is 5.97 Å². The summed E-state index contributed by atoms with van der Waals surface area (Å²) in [5.41, 5.74) is -0.599. The topological polar surface area (TPSA) is 55.8 Å². The van der Waals surface area contributed by atoms with E-state index in [-0.39, 0.29) is 12.5 Å². The van der Waals surface area contributed by atoms with Gasteiger partial charge in [0.25, 0.3) is 0 Å². The van der Waals surface area contributed by atoms with Crippen LogP contribution in [0.5, 0.6) is 0 Å². The van der Waals surface area contributed by atoms with E-state index in [4.69, 9.17) is 14.6 Å². The third-order valence-electron chi connectivity index (χ3n) is 2.05. The average molecular weight is 218 g/mol. The minimum Gasteiger partial charge on any atom is -0.481 e. The molecule has 0 saturated heterocycles. The van der Waals surface area contributed by atoms with Gasteiger partial charge in [0.05, 0.1) is 18.1 Å². The van der Waals surface area contributed by atoms with Crippen LogP contribution in [0, 0.1) is 0 Å². The van der Waals surface area contributed by atoms with E-state index in [2.05, 4.69) is 0 Å². The standard InChI is InChI=1S/C11H22O4/c1-5-14-9(2)6-7-15-11(3,4)8-10(12)13/h9H,5-8H2,1-4H3,(H,12,13). The van der Waals surface area contributed by atoms with Crippen molar-refractivity contribution in [3.8, 4) is 0 Å². The first-order chi connectivity index (χ1) is 6.87. The lowest BCUT2D eigenvalue weighted by atomic mass is 10.1. The average Bonchev–Trinajstić information content (AvgIpc) is 2.01. The number of hydrogen-bond donors (Lipinski definition) is 1. The van der Waals surface area contributed by atoms with Gasteiger partial charge in [-0.3, -0.25) is 4.79 Å². The van der Waals surface area contributed by atoms with E-state index < -0.39 is 11.6 Å². The zero-order valence-electron chi connectivity index (χ0n) is 10.1. The zero-order valence-corrected chi connectivity index (χ0v) is 10.1. The molecule has 0 amide bonds. The van der Waals surface area contributed by atoms with Gasteiger partial charge in [0.2, 0.25) is 0 Å². The molecule has 1 atom stereocenters. The lowest BCUT2D eigenvalue weighted by Gasteiger charge is -2.24. The molecule has 4 nitrogen and oxygen atoms in total. The fraction of sp³-hybridized carbons (Fsp3) is 0.909. The highest BCUT2D eigenvalue weighted by Crippen LogP contribution is 2.15. The molecule has 0 aromatic carbocycles. The summed E-state index contributed by atoms with van der Waals surface area (Å²) in [6, 6.07) is 0. The Kier molecular flexibility index (Phi) is 6.52. The molecule has 0 aliphatic carbocycles. The van der Waals surface area contributed by atoms with Crippen LogP contribution in [0.15, 0.2) is 0 Å². The number of carbonyl (C=O) groups is 1. The fourth-order valence-corrected chi connectivity index (χ4v) is 1.28. The highest BCUT2D eigenvalue weighted by Gasteiger charge is 2.22. The molecular formula is C11H22O4. The predicted octanol–water partition coefficient (Wildman–Crippen LogP) is 2.07. The minimum absolute atomic E-state index is 0.0238. The van der Waals surface area contributed by atoms with Crippen molar-refractivity contribution in [3.63, 3.8) is 0 Å². The lowest BCUT2D eigenvalue weighted by Crippen LogP contribution is -2.29. The summed E-state index contributed by atoms with van der Waals surface area (Å²) in [5.74, 6) is -0.835. The van der Waals surface area contributed by atoms with Crippen LogP contribution in [0.1, 0.15) is 40.5 Å². The van der Waals surface area contributed by atoms with Gasteiger partial charge in [0.1, 0.15) is 0 Å². The highest BCUT2D eigenvalue weighted by molar-refractivity contribution is 5.67. The van der Waals surface area contributed by atoms with E-state index in [9.17, 15) is 4.79 Å². The number of carboxylic acid groups (broad SMARTS) is 1. The Hall–Kier alpha value is -0.610. The van der Waals surface area contributed by atoms with Crippen molar-refractivity contribution in [2.45, 2.75) is 52.2 Å². The van der Waals surface area contributed by atoms with Crippen LogP contribution >= 0.6 is 0 Å². The molecule has 1 unspecified atom stereocenters. The Bertz CT molecular complexity index is 189. The van der Waals surface area contributed by atoms with Gasteiger partial charge >= 0.3 is 5.97 Å². The molecule has 0 saturated carbocycles. The minimum atomic E-state index is -0.835. The third-order valence-corrected chi connectivity index (χ3v) is 2.05. The van der Waals surface area contributed by atoms with E-state index in [0.717, 1.165) is 6.42 Å². The summed E-state index contributed by atoms with van der Waals surface area (Å²) in [6.45, 7) is 8.73. The first-order valence-corrected chi connectivity index (χ1v) is 5.34. The molecular weight excluding hydrogens is 196 g/mol. The second kappa shape index (κ2) is 6.80. The number of rotatable bonds is 8. The third kappa shape index (κ3) is 8.39. The van der Waals surface area contributed by atoms with Gasteiger partial charge in [-0.1, -0.05) is 0 Å². The van der Waals surface area contributed by atoms with Crippen molar-refractivity contribution in [1.29, 1.82) is 0 Å². The summed E-state index contributed by atoms with van der Waals surface area (Å²) in [4.78, 5) is 10.5. The maximum Gasteiger partial charge on any atom is 0.306 e. The van der Waals surface area contributed by atoms with Crippen molar-refractivity contribution in [3.05, 3.63) is 0 Å². The van der Waals surface area contributed by atoms with Crippen LogP contribution in [0.3, 0.4) is 0 Å². The van der Waals surface area contributed by atoms with Crippen LogP contribution in [0.2, 0.25) is 0 Å². The monoisotopic (exact) mass is 218 g/mol. The molecule has 0 rings (SSSR count). The van der Waals surface area contributed by atoms with Gasteiger partial charge in [0.15, 0.2) is 0 Å². The van der Waals surface area contributed by atoms with E-state index in [1.54, 1.807) is 13.8 Å². The van der Waals surface area contributed by atoms with Crippen LogP contribution in [-0.2, 0) is 14.3 Å². The molecule has 0 radical (unpaired) electrons. The molecule has 0 bridgehead atoms. The first kappa shape index (κ1) is 14.4. The summed E-state index contributed by atoms with van der Waals surface area (Å²) in [6.07, 6.45) is 0.975. The van der Waals surface area contributed by atoms with Crippen LogP contribution in [-0.4, -0.2) is 36.0 Å². The molecule has 90 valence electrons. The van der Waals surface area contributed by atoms with Crippen molar-refractivity contribution < 1.29 is 19.4 Å². The summed E-state index contributed by atoms with van der Waals surface area (Å²) >= 11 is 0. The van der Waals surface area contributed by atoms with Crippen LogP contribution in [0.4, 0.5) is 0 Å². The second-order valence-electron chi connectivity index (χ2n) is 4.23. The number of carboxylic acids is 1. The largest absolute Gasteiger partial charge is 0.481 e. The number of ether oxygens (including phenoxy) is 2. The van der Waals surface area contributed by atoms with Crippen molar-refractivity contribution in [1.82, 2.24) is 0 Å². The smallest absolute Gasteiger partial charge is 0.306 e. The number of hydrogen-bond acceptors (Lipinski definition) is 3. The summed E-state index contributed by atoms with van der Waals surface area (Å²) in [7, 11) is 0. The molecule has 0 aromatic heterocycles. The lowest BCUT2D eigenvalue weighted by molar-refractivity contribution is -0.144. The molecule has 0 aromatic rings. The second-order valence-corrected chi connectivity index (χ2v) is 4.23. The summed E-state index contributed by atoms with van der Waals surface area (Å²) < 4.78 is 10.8. The van der Waals surface area contributed by atoms with Crippen molar-refractivity contribution in [2.24, 2.45) is 0 Å². The quantitative estimate of drug-likeness (QED) is 0.677. The Balaban J connectivity index is 3.69. The van der Waals surface area contributed by atoms with Gasteiger partial charge in [-0.2, -0.15) is 0 Å². The van der Waals surface area contributed by atoms with Crippen molar-refractivity contribution in [2.75, 3.05) is 13.2 Å². The Morgan fingerprint density at radius 1 is 1.47 bits per heavy atom. The van der Waals surface area contributed by atoms with Gasteiger partial charge in [-0.05, 0) is 34.1 Å². The van der Waals surface area contributed by atoms with Gasteiger partial charge in [-0.15, -0.1) is 0 Å². The van der Waals surface area contributed by atoms with Gasteiger partial charge in [-0.25, -0.2) is 0 Å². The predicted molar refractivity (Wildman–Crippen MR) is 58.0 cm³/mol. The Labute approximate surface area is 91.6 Å². The SMILES string of the molecule is CCOC(C)CCOC(C)(C)CC(=O)O. The summed E-state index contributed by atoms with van der Waals surface area (Å²) in [5, 5.41) is 8.64. The maximum absolute atomic E-state index is 10.5. The van der Waals surface area contributed by atoms with E-state index in [1.807, 2.05) is 13.8 Å². The molecule has 0 heterocycles. The molecule has 0 fully saturated rings. The van der Waals surface area contributed by atoms with E-state index in [1.165, 1.54) is 0 Å². The molecule has 1 N–H and O–H groups in total. The zero-order chi connectivity index (χ0) is 11.9. The first-order valence-electron chi connectivity index (χ1n) is 5.34. The normalized spacial score (nSPS) is 13.9. The number of aliphatic carboxylic acids is 1. The van der Waals surface area contributed by atoms with Gasteiger partial charge in [0, 0.05) is 13.2 Å². The van der Waals surface area contributed by atoms with Crippen LogP contribution in [0.25, 0.3) is 0 Å². The van der Waals surface area contributed by atoms with E-state index >= 15 is 0 Å². The molecule has 4 heteroatoms. The fourth-order valence-electron chi connectivity index (χ4n) is 1.28.